The summed E-state index contributed by atoms with van der Waals surface area (Å²) in [5.74, 6) is 0.896. The minimum atomic E-state index is -0.127. The number of hydrogen-bond acceptors (Lipinski definition) is 7. The van der Waals surface area contributed by atoms with Gasteiger partial charge in [-0.15, -0.1) is 0 Å². The summed E-state index contributed by atoms with van der Waals surface area (Å²) >= 11 is 6.63. The van der Waals surface area contributed by atoms with Gasteiger partial charge < -0.3 is 24.1 Å². The van der Waals surface area contributed by atoms with Gasteiger partial charge in [0.2, 0.25) is 0 Å². The number of ether oxygens (including phenoxy) is 2. The molecule has 8 nitrogen and oxygen atoms in total. The predicted octanol–water partition coefficient (Wildman–Crippen LogP) is 5.99. The summed E-state index contributed by atoms with van der Waals surface area (Å²) < 4.78 is 17.3. The van der Waals surface area contributed by atoms with Crippen molar-refractivity contribution in [1.29, 1.82) is 5.26 Å². The number of nitriles is 1. The quantitative estimate of drug-likeness (QED) is 0.327. The number of rotatable bonds is 6. The van der Waals surface area contributed by atoms with Crippen LogP contribution >= 0.6 is 11.6 Å². The Bertz CT molecular complexity index is 1550. The lowest BCUT2D eigenvalue weighted by Crippen LogP contribution is -2.28. The maximum absolute atomic E-state index is 12.4. The molecule has 5 rings (SSSR count). The van der Waals surface area contributed by atoms with Crippen LogP contribution in [0.15, 0.2) is 53.1 Å². The van der Waals surface area contributed by atoms with Crippen LogP contribution in [-0.4, -0.2) is 56.3 Å². The topological polar surface area (TPSA) is 101 Å². The van der Waals surface area contributed by atoms with E-state index in [1.165, 1.54) is 4.90 Å². The summed E-state index contributed by atoms with van der Waals surface area (Å²) in [5.41, 5.74) is 4.98. The minimum absolute atomic E-state index is 0.127. The predicted molar refractivity (Wildman–Crippen MR) is 147 cm³/mol. The van der Waals surface area contributed by atoms with Crippen LogP contribution in [-0.2, 0) is 4.74 Å². The highest BCUT2D eigenvalue weighted by molar-refractivity contribution is 6.34. The van der Waals surface area contributed by atoms with Gasteiger partial charge in [0.25, 0.3) is 5.91 Å². The number of fused-ring (bicyclic) bond motifs is 1. The summed E-state index contributed by atoms with van der Waals surface area (Å²) in [5, 5.41) is 13.8. The van der Waals surface area contributed by atoms with E-state index in [1.807, 2.05) is 24.3 Å². The Kier molecular flexibility index (Phi) is 7.23. The van der Waals surface area contributed by atoms with Gasteiger partial charge in [-0.1, -0.05) is 17.7 Å². The number of furan rings is 1. The normalized spacial score (nSPS) is 13.8. The number of pyridine rings is 1. The van der Waals surface area contributed by atoms with Crippen LogP contribution in [0, 0.1) is 11.3 Å². The first-order valence-electron chi connectivity index (χ1n) is 12.3. The first kappa shape index (κ1) is 25.6. The fourth-order valence-electron chi connectivity index (χ4n) is 4.62. The number of halogens is 1. The molecule has 1 N–H and O–H groups in total. The molecule has 0 saturated carbocycles. The number of carbonyl (C=O) groups excluding carboxylic acids is 1. The van der Waals surface area contributed by atoms with Crippen molar-refractivity contribution in [1.82, 2.24) is 9.88 Å². The Morgan fingerprint density at radius 1 is 1.18 bits per heavy atom. The van der Waals surface area contributed by atoms with Crippen molar-refractivity contribution in [2.24, 2.45) is 0 Å². The maximum Gasteiger partial charge on any atom is 0.253 e. The molecule has 1 aliphatic rings. The second kappa shape index (κ2) is 10.7. The zero-order valence-corrected chi connectivity index (χ0v) is 22.1. The van der Waals surface area contributed by atoms with E-state index in [2.05, 4.69) is 16.4 Å². The molecule has 9 heteroatoms. The van der Waals surface area contributed by atoms with E-state index in [-0.39, 0.29) is 11.9 Å². The molecule has 3 heterocycles. The Morgan fingerprint density at radius 2 is 1.97 bits per heavy atom. The van der Waals surface area contributed by atoms with Gasteiger partial charge >= 0.3 is 0 Å². The largest absolute Gasteiger partial charge is 0.496 e. The third kappa shape index (κ3) is 4.91. The molecule has 4 aromatic rings. The Balaban J connectivity index is 1.55. The molecule has 2 aromatic carbocycles. The van der Waals surface area contributed by atoms with Crippen LogP contribution in [0.5, 0.6) is 5.75 Å². The molecule has 1 fully saturated rings. The van der Waals surface area contributed by atoms with E-state index < -0.39 is 0 Å². The van der Waals surface area contributed by atoms with Crippen molar-refractivity contribution in [3.05, 3.63) is 64.8 Å². The van der Waals surface area contributed by atoms with E-state index in [0.29, 0.717) is 63.1 Å². The Morgan fingerprint density at radius 3 is 2.68 bits per heavy atom. The molecule has 1 saturated heterocycles. The van der Waals surface area contributed by atoms with Crippen LogP contribution in [0.25, 0.3) is 33.6 Å². The minimum Gasteiger partial charge on any atom is -0.496 e. The van der Waals surface area contributed by atoms with E-state index in [4.69, 9.17) is 25.5 Å². The summed E-state index contributed by atoms with van der Waals surface area (Å²) in [6.45, 7) is 1.42. The number of benzene rings is 2. The molecule has 0 aliphatic carbocycles. The van der Waals surface area contributed by atoms with Crippen molar-refractivity contribution >= 4 is 34.3 Å². The summed E-state index contributed by atoms with van der Waals surface area (Å²) in [6.07, 6.45) is 3.37. The number of amides is 1. The van der Waals surface area contributed by atoms with Crippen molar-refractivity contribution in [2.45, 2.75) is 18.9 Å². The molecule has 1 aliphatic heterocycles. The molecule has 0 spiro atoms. The molecule has 1 amide bonds. The van der Waals surface area contributed by atoms with Gasteiger partial charge in [-0.3, -0.25) is 9.78 Å². The number of nitrogens with one attached hydrogen (secondary N) is 1. The molecule has 38 heavy (non-hydrogen) atoms. The van der Waals surface area contributed by atoms with Gasteiger partial charge in [-0.05, 0) is 48.7 Å². The first-order valence-corrected chi connectivity index (χ1v) is 12.6. The number of hydrogen-bond donors (Lipinski definition) is 1. The standard InChI is InChI=1S/C29H27ClN4O4/c1-34(2)29(35)18-4-6-21(25(13-18)36-3)26-14-24-28(38-26)27(22(30)16-32-24)17-5-7-23(19(12-17)15-31)33-20-8-10-37-11-9-20/h4-7,12-14,16,20,33H,8-11H2,1-3H3. The highest BCUT2D eigenvalue weighted by atomic mass is 35.5. The van der Waals surface area contributed by atoms with E-state index in [9.17, 15) is 10.1 Å². The number of carbonyl (C=O) groups is 1. The monoisotopic (exact) mass is 530 g/mol. The highest BCUT2D eigenvalue weighted by Gasteiger charge is 2.21. The smallest absolute Gasteiger partial charge is 0.253 e. The Hall–Kier alpha value is -4.06. The molecular formula is C29H27ClN4O4. The van der Waals surface area contributed by atoms with Gasteiger partial charge in [0.05, 0.1) is 28.9 Å². The highest BCUT2D eigenvalue weighted by Crippen LogP contribution is 2.41. The van der Waals surface area contributed by atoms with E-state index >= 15 is 0 Å². The number of anilines is 1. The van der Waals surface area contributed by atoms with Gasteiger partial charge in [0, 0.05) is 56.7 Å². The summed E-state index contributed by atoms with van der Waals surface area (Å²) in [6, 6.07) is 15.2. The lowest BCUT2D eigenvalue weighted by molar-refractivity contribution is 0.0827. The lowest BCUT2D eigenvalue weighted by atomic mass is 10.0. The zero-order valence-electron chi connectivity index (χ0n) is 21.4. The van der Waals surface area contributed by atoms with Crippen molar-refractivity contribution < 1.29 is 18.7 Å². The molecule has 0 radical (unpaired) electrons. The van der Waals surface area contributed by atoms with E-state index in [0.717, 1.165) is 24.1 Å². The fourth-order valence-corrected chi connectivity index (χ4v) is 4.87. The average Bonchev–Trinajstić information content (AvgIpc) is 3.37. The summed E-state index contributed by atoms with van der Waals surface area (Å²) in [7, 11) is 4.94. The fraction of sp³-hybridized carbons (Fsp3) is 0.276. The first-order chi connectivity index (χ1) is 18.4. The molecule has 0 atom stereocenters. The zero-order chi connectivity index (χ0) is 26.8. The number of nitrogens with zero attached hydrogens (tertiary/aromatic N) is 3. The number of aromatic nitrogens is 1. The molecular weight excluding hydrogens is 504 g/mol. The van der Waals surface area contributed by atoms with Gasteiger partial charge in [0.15, 0.2) is 5.58 Å². The van der Waals surface area contributed by atoms with Gasteiger partial charge in [-0.2, -0.15) is 5.26 Å². The number of methoxy groups -OCH3 is 1. The van der Waals surface area contributed by atoms with Crippen LogP contribution < -0.4 is 10.1 Å². The molecule has 0 unspecified atom stereocenters. The molecule has 0 bridgehead atoms. The third-order valence-electron chi connectivity index (χ3n) is 6.63. The van der Waals surface area contributed by atoms with Gasteiger partial charge in [0.1, 0.15) is 23.1 Å². The van der Waals surface area contributed by atoms with E-state index in [1.54, 1.807) is 45.6 Å². The second-order valence-electron chi connectivity index (χ2n) is 9.32. The summed E-state index contributed by atoms with van der Waals surface area (Å²) in [4.78, 5) is 18.4. The van der Waals surface area contributed by atoms with Crippen molar-refractivity contribution in [3.63, 3.8) is 0 Å². The van der Waals surface area contributed by atoms with Crippen LogP contribution in [0.2, 0.25) is 5.02 Å². The molecule has 194 valence electrons. The van der Waals surface area contributed by atoms with Crippen molar-refractivity contribution in [3.8, 4) is 34.3 Å². The maximum atomic E-state index is 12.4. The van der Waals surface area contributed by atoms with Crippen LogP contribution in [0.1, 0.15) is 28.8 Å². The lowest BCUT2D eigenvalue weighted by Gasteiger charge is -2.24. The van der Waals surface area contributed by atoms with Crippen LogP contribution in [0.3, 0.4) is 0 Å². The second-order valence-corrected chi connectivity index (χ2v) is 9.73. The average molecular weight is 531 g/mol. The van der Waals surface area contributed by atoms with Gasteiger partial charge in [-0.25, -0.2) is 0 Å². The van der Waals surface area contributed by atoms with Crippen molar-refractivity contribution in [2.75, 3.05) is 39.7 Å². The van der Waals surface area contributed by atoms with Crippen LogP contribution in [0.4, 0.5) is 5.69 Å². The molecule has 2 aromatic heterocycles. The SMILES string of the molecule is COc1cc(C(=O)N(C)C)ccc1-c1cc2ncc(Cl)c(-c3ccc(NC4CCOCC4)c(C#N)c3)c2o1. The third-order valence-corrected chi connectivity index (χ3v) is 6.91. The Labute approximate surface area is 225 Å².